The van der Waals surface area contributed by atoms with Gasteiger partial charge in [0.1, 0.15) is 17.3 Å². The van der Waals surface area contributed by atoms with Crippen LogP contribution >= 0.6 is 0 Å². The van der Waals surface area contributed by atoms with Gasteiger partial charge in [-0.15, -0.1) is 5.10 Å². The largest absolute Gasteiger partial charge is 0.377 e. The number of ether oxygens (including phenoxy) is 1. The van der Waals surface area contributed by atoms with Crippen LogP contribution in [0.1, 0.15) is 60.0 Å². The summed E-state index contributed by atoms with van der Waals surface area (Å²) in [5, 5.41) is 11.8. The molecule has 1 amide bonds. The molecule has 0 unspecified atom stereocenters. The third-order valence-corrected chi connectivity index (χ3v) is 7.99. The van der Waals surface area contributed by atoms with Crippen molar-refractivity contribution in [2.45, 2.75) is 44.1 Å². The Morgan fingerprint density at radius 3 is 2.53 bits per heavy atom. The number of benzene rings is 1. The summed E-state index contributed by atoms with van der Waals surface area (Å²) in [5.74, 6) is -1.42. The van der Waals surface area contributed by atoms with E-state index < -0.39 is 17.0 Å². The zero-order valence-electron chi connectivity index (χ0n) is 18.9. The number of hydrogen-bond acceptors (Lipinski definition) is 5. The van der Waals surface area contributed by atoms with Crippen molar-refractivity contribution in [3.8, 4) is 11.3 Å². The Bertz CT molecular complexity index is 1300. The first-order valence-electron chi connectivity index (χ1n) is 11.5. The average Bonchev–Trinajstić information content (AvgIpc) is 3.17. The van der Waals surface area contributed by atoms with Crippen LogP contribution in [0.5, 0.6) is 0 Å². The second kappa shape index (κ2) is 7.37. The molecule has 1 aliphatic heterocycles. The second-order valence-electron chi connectivity index (χ2n) is 9.96. The van der Waals surface area contributed by atoms with Gasteiger partial charge in [-0.3, -0.25) is 4.79 Å². The van der Waals surface area contributed by atoms with Crippen LogP contribution in [0.4, 0.5) is 8.78 Å². The predicted molar refractivity (Wildman–Crippen MR) is 120 cm³/mol. The molecule has 3 aliphatic rings. The van der Waals surface area contributed by atoms with Gasteiger partial charge >= 0.3 is 0 Å². The lowest BCUT2D eigenvalue weighted by atomic mass is 9.66. The van der Waals surface area contributed by atoms with E-state index in [4.69, 9.17) is 9.72 Å². The molecular weight excluding hydrogens is 438 g/mol. The molecule has 2 atom stereocenters. The maximum atomic E-state index is 14.4. The summed E-state index contributed by atoms with van der Waals surface area (Å²) in [6.07, 6.45) is 1.71. The summed E-state index contributed by atoms with van der Waals surface area (Å²) in [7, 11) is 0. The number of halogens is 2. The van der Waals surface area contributed by atoms with Crippen LogP contribution in [0.3, 0.4) is 0 Å². The van der Waals surface area contributed by atoms with Gasteiger partial charge in [0.2, 0.25) is 0 Å². The number of carbonyl (C=O) groups excluding carboxylic acids is 1. The average molecular weight is 463 g/mol. The van der Waals surface area contributed by atoms with Gasteiger partial charge in [-0.2, -0.15) is 5.10 Å². The van der Waals surface area contributed by atoms with Crippen molar-refractivity contribution in [2.24, 2.45) is 5.41 Å². The number of pyridine rings is 1. The van der Waals surface area contributed by atoms with Crippen molar-refractivity contribution in [1.82, 2.24) is 20.5 Å². The second-order valence-corrected chi connectivity index (χ2v) is 9.96. The Morgan fingerprint density at radius 1 is 1.09 bits per heavy atom. The van der Waals surface area contributed by atoms with E-state index in [1.807, 2.05) is 12.1 Å². The first-order chi connectivity index (χ1) is 16.3. The van der Waals surface area contributed by atoms with Gasteiger partial charge in [-0.25, -0.2) is 13.8 Å². The van der Waals surface area contributed by atoms with Gasteiger partial charge in [0, 0.05) is 0 Å². The van der Waals surface area contributed by atoms with Crippen molar-refractivity contribution >= 4 is 5.91 Å². The lowest BCUT2D eigenvalue weighted by Gasteiger charge is -2.37. The van der Waals surface area contributed by atoms with Gasteiger partial charge < -0.3 is 10.1 Å². The zero-order valence-corrected chi connectivity index (χ0v) is 18.9. The van der Waals surface area contributed by atoms with E-state index in [0.29, 0.717) is 18.9 Å². The minimum atomic E-state index is -0.663. The number of carbonyl (C=O) groups is 1. The van der Waals surface area contributed by atoms with E-state index >= 15 is 0 Å². The normalized spacial score (nSPS) is 24.5. The van der Waals surface area contributed by atoms with Crippen LogP contribution in [-0.2, 0) is 10.2 Å². The van der Waals surface area contributed by atoms with Crippen LogP contribution in [0.25, 0.3) is 11.3 Å². The number of fused-ring (bicyclic) bond motifs is 5. The summed E-state index contributed by atoms with van der Waals surface area (Å²) in [5.41, 5.74) is 2.09. The third-order valence-electron chi connectivity index (χ3n) is 7.99. The van der Waals surface area contributed by atoms with E-state index in [1.165, 1.54) is 18.2 Å². The Labute approximate surface area is 195 Å². The molecule has 1 N–H and O–H groups in total. The van der Waals surface area contributed by atoms with E-state index in [2.05, 4.69) is 29.4 Å². The molecule has 1 saturated carbocycles. The third kappa shape index (κ3) is 2.81. The van der Waals surface area contributed by atoms with Crippen LogP contribution in [0.15, 0.2) is 42.5 Å². The Hall–Kier alpha value is -3.26. The highest BCUT2D eigenvalue weighted by Gasteiger charge is 2.65. The van der Waals surface area contributed by atoms with Gasteiger partial charge in [0.15, 0.2) is 0 Å². The highest BCUT2D eigenvalue weighted by atomic mass is 19.1. The molecule has 0 spiro atoms. The maximum absolute atomic E-state index is 14.4. The van der Waals surface area contributed by atoms with Crippen molar-refractivity contribution in [3.63, 3.8) is 0 Å². The minimum absolute atomic E-state index is 0.0127. The van der Waals surface area contributed by atoms with Gasteiger partial charge in [-0.05, 0) is 60.1 Å². The Kier molecular flexibility index (Phi) is 4.61. The van der Waals surface area contributed by atoms with Crippen molar-refractivity contribution in [3.05, 3.63) is 76.7 Å². The number of nitrogens with zero attached hydrogens (tertiary/aromatic N) is 3. The standard InChI is InChI=1S/C26H24F2N4O2/c1-25(2)16-9-10-26(25,21-8-4-7-19(30-21)24(33)29-14-12-34-13-14)23-15(16)11-20(31-32-23)22-17(27)5-3-6-18(22)28/h3-8,11,14,16H,9-10,12-13H2,1-2H3,(H,29,33)/t16-,26+/m0/s1. The van der Waals surface area contributed by atoms with Crippen LogP contribution in [0, 0.1) is 17.0 Å². The van der Waals surface area contributed by atoms with E-state index in [1.54, 1.807) is 12.1 Å². The van der Waals surface area contributed by atoms with Crippen LogP contribution in [-0.4, -0.2) is 40.3 Å². The molecule has 2 aliphatic carbocycles. The first kappa shape index (κ1) is 21.3. The molecule has 1 aromatic carbocycles. The van der Waals surface area contributed by atoms with Crippen molar-refractivity contribution < 1.29 is 18.3 Å². The lowest BCUT2D eigenvalue weighted by Crippen LogP contribution is -2.48. The summed E-state index contributed by atoms with van der Waals surface area (Å²) >= 11 is 0. The molecule has 2 bridgehead atoms. The van der Waals surface area contributed by atoms with Gasteiger partial charge in [0.05, 0.1) is 47.3 Å². The molecule has 6 rings (SSSR count). The molecule has 1 saturated heterocycles. The van der Waals surface area contributed by atoms with Crippen LogP contribution < -0.4 is 5.32 Å². The van der Waals surface area contributed by atoms with Gasteiger partial charge in [-0.1, -0.05) is 26.0 Å². The molecule has 34 heavy (non-hydrogen) atoms. The van der Waals surface area contributed by atoms with Crippen LogP contribution in [0.2, 0.25) is 0 Å². The van der Waals surface area contributed by atoms with Crippen molar-refractivity contribution in [1.29, 1.82) is 0 Å². The summed E-state index contributed by atoms with van der Waals surface area (Å²) in [6.45, 7) is 5.38. The smallest absolute Gasteiger partial charge is 0.270 e. The molecule has 8 heteroatoms. The van der Waals surface area contributed by atoms with Crippen molar-refractivity contribution in [2.75, 3.05) is 13.2 Å². The maximum Gasteiger partial charge on any atom is 0.270 e. The summed E-state index contributed by atoms with van der Waals surface area (Å²) in [6, 6.07) is 11.1. The predicted octanol–water partition coefficient (Wildman–Crippen LogP) is 4.15. The molecule has 3 aromatic rings. The highest BCUT2D eigenvalue weighted by Crippen LogP contribution is 2.69. The highest BCUT2D eigenvalue weighted by molar-refractivity contribution is 5.92. The molecule has 6 nitrogen and oxygen atoms in total. The molecule has 3 heterocycles. The fourth-order valence-corrected chi connectivity index (χ4v) is 6.13. The van der Waals surface area contributed by atoms with E-state index in [-0.39, 0.29) is 34.5 Å². The van der Waals surface area contributed by atoms with E-state index in [0.717, 1.165) is 29.8 Å². The number of amides is 1. The summed E-state index contributed by atoms with van der Waals surface area (Å²) < 4.78 is 34.0. The quantitative estimate of drug-likeness (QED) is 0.631. The molecule has 2 aromatic heterocycles. The number of aromatic nitrogens is 3. The zero-order chi connectivity index (χ0) is 23.7. The lowest BCUT2D eigenvalue weighted by molar-refractivity contribution is -0.00355. The number of nitrogens with one attached hydrogen (secondary N) is 1. The minimum Gasteiger partial charge on any atom is -0.377 e. The fourth-order valence-electron chi connectivity index (χ4n) is 6.13. The van der Waals surface area contributed by atoms with E-state index in [9.17, 15) is 13.6 Å². The Balaban J connectivity index is 1.45. The molecule has 174 valence electrons. The first-order valence-corrected chi connectivity index (χ1v) is 11.5. The summed E-state index contributed by atoms with van der Waals surface area (Å²) in [4.78, 5) is 17.6. The number of hydrogen-bond donors (Lipinski definition) is 1. The monoisotopic (exact) mass is 462 g/mol. The molecule has 2 fully saturated rings. The number of rotatable bonds is 4. The SMILES string of the molecule is CC1(C)[C@H]2CC[C@@]1(c1cccc(C(=O)NC3COC3)n1)c1nnc(-c3c(F)cccc3F)cc12. The topological polar surface area (TPSA) is 77.0 Å². The fraction of sp³-hybridized carbons (Fsp3) is 0.385. The molecule has 0 radical (unpaired) electrons. The van der Waals surface area contributed by atoms with Gasteiger partial charge in [0.25, 0.3) is 5.91 Å². The molecular formula is C26H24F2N4O2. The Morgan fingerprint density at radius 2 is 1.82 bits per heavy atom.